The molecule has 9 heteroatoms. The van der Waals surface area contributed by atoms with E-state index in [0.717, 1.165) is 0 Å². The predicted molar refractivity (Wildman–Crippen MR) is 103 cm³/mol. The smallest absolute Gasteiger partial charge is 0.297 e. The van der Waals surface area contributed by atoms with Crippen molar-refractivity contribution in [3.63, 3.8) is 0 Å². The SMILES string of the molecule is CC1(C)COC(/C=C/[C@H](O)[C@@H](O)C[C@H]2O[C@@H]2COS(=O)(=O)c2ccccc2)OC1. The first kappa shape index (κ1) is 22.4. The fourth-order valence-corrected chi connectivity index (χ4v) is 3.81. The lowest BCUT2D eigenvalue weighted by Crippen LogP contribution is -2.37. The van der Waals surface area contributed by atoms with Gasteiger partial charge in [-0.15, -0.1) is 0 Å². The van der Waals surface area contributed by atoms with Gasteiger partial charge in [0.1, 0.15) is 6.10 Å². The van der Waals surface area contributed by atoms with Crippen molar-refractivity contribution in [2.24, 2.45) is 5.41 Å². The first-order chi connectivity index (χ1) is 13.7. The topological polar surface area (TPSA) is 115 Å². The van der Waals surface area contributed by atoms with Gasteiger partial charge in [0, 0.05) is 11.8 Å². The van der Waals surface area contributed by atoms with Crippen LogP contribution in [0.25, 0.3) is 0 Å². The zero-order chi connectivity index (χ0) is 21.1. The van der Waals surface area contributed by atoms with Gasteiger partial charge < -0.3 is 24.4 Å². The third-order valence-corrected chi connectivity index (χ3v) is 6.01. The number of aliphatic hydroxyl groups excluding tert-OH is 2. The maximum absolute atomic E-state index is 12.1. The summed E-state index contributed by atoms with van der Waals surface area (Å²) in [6, 6.07) is 7.85. The Bertz CT molecular complexity index is 782. The van der Waals surface area contributed by atoms with Crippen LogP contribution in [0.1, 0.15) is 20.3 Å². The maximum atomic E-state index is 12.1. The highest BCUT2D eigenvalue weighted by molar-refractivity contribution is 7.86. The van der Waals surface area contributed by atoms with Crippen molar-refractivity contribution >= 4 is 10.1 Å². The number of hydrogen-bond donors (Lipinski definition) is 2. The minimum absolute atomic E-state index is 0.0448. The van der Waals surface area contributed by atoms with Crippen molar-refractivity contribution in [3.8, 4) is 0 Å². The van der Waals surface area contributed by atoms with E-state index in [0.29, 0.717) is 13.2 Å². The molecular formula is C20H28O8S. The quantitative estimate of drug-likeness (QED) is 0.343. The van der Waals surface area contributed by atoms with Gasteiger partial charge in [-0.2, -0.15) is 8.42 Å². The van der Waals surface area contributed by atoms with Crippen molar-refractivity contribution in [2.45, 2.75) is 55.9 Å². The molecule has 162 valence electrons. The summed E-state index contributed by atoms with van der Waals surface area (Å²) in [5.41, 5.74) is -0.0448. The Morgan fingerprint density at radius 1 is 1.17 bits per heavy atom. The second-order valence-electron chi connectivity index (χ2n) is 8.10. The molecule has 0 unspecified atom stereocenters. The number of epoxide rings is 1. The molecular weight excluding hydrogens is 400 g/mol. The molecule has 2 saturated heterocycles. The Labute approximate surface area is 171 Å². The van der Waals surface area contributed by atoms with Gasteiger partial charge in [-0.1, -0.05) is 38.1 Å². The Morgan fingerprint density at radius 2 is 1.83 bits per heavy atom. The van der Waals surface area contributed by atoms with Crippen LogP contribution in [-0.2, 0) is 28.5 Å². The van der Waals surface area contributed by atoms with Gasteiger partial charge >= 0.3 is 0 Å². The van der Waals surface area contributed by atoms with Crippen LogP contribution < -0.4 is 0 Å². The average Bonchev–Trinajstić information content (AvgIpc) is 3.44. The third-order valence-electron chi connectivity index (χ3n) is 4.72. The lowest BCUT2D eigenvalue weighted by atomic mass is 9.95. The van der Waals surface area contributed by atoms with Gasteiger partial charge in [-0.3, -0.25) is 4.18 Å². The molecule has 0 radical (unpaired) electrons. The molecule has 2 N–H and O–H groups in total. The Balaban J connectivity index is 1.38. The van der Waals surface area contributed by atoms with Gasteiger partial charge in [0.2, 0.25) is 0 Å². The maximum Gasteiger partial charge on any atom is 0.297 e. The zero-order valence-electron chi connectivity index (χ0n) is 16.5. The van der Waals surface area contributed by atoms with E-state index < -0.39 is 34.7 Å². The minimum Gasteiger partial charge on any atom is -0.390 e. The molecule has 2 aliphatic heterocycles. The van der Waals surface area contributed by atoms with Crippen molar-refractivity contribution in [2.75, 3.05) is 19.8 Å². The van der Waals surface area contributed by atoms with Crippen molar-refractivity contribution in [1.29, 1.82) is 0 Å². The van der Waals surface area contributed by atoms with E-state index in [2.05, 4.69) is 0 Å². The third kappa shape index (κ3) is 6.58. The monoisotopic (exact) mass is 428 g/mol. The van der Waals surface area contributed by atoms with Crippen molar-refractivity contribution in [1.82, 2.24) is 0 Å². The number of rotatable bonds is 9. The number of benzene rings is 1. The van der Waals surface area contributed by atoms with Gasteiger partial charge in [0.15, 0.2) is 6.29 Å². The summed E-state index contributed by atoms with van der Waals surface area (Å²) >= 11 is 0. The molecule has 2 heterocycles. The first-order valence-electron chi connectivity index (χ1n) is 9.54. The van der Waals surface area contributed by atoms with Crippen molar-refractivity contribution in [3.05, 3.63) is 42.5 Å². The van der Waals surface area contributed by atoms with Crippen LogP contribution in [0.15, 0.2) is 47.4 Å². The molecule has 1 aromatic carbocycles. The fraction of sp³-hybridized carbons (Fsp3) is 0.600. The summed E-state index contributed by atoms with van der Waals surface area (Å²) in [5, 5.41) is 20.2. The molecule has 29 heavy (non-hydrogen) atoms. The van der Waals surface area contributed by atoms with E-state index in [-0.39, 0.29) is 29.4 Å². The molecule has 0 saturated carbocycles. The van der Waals surface area contributed by atoms with Gasteiger partial charge in [-0.05, 0) is 18.2 Å². The molecule has 0 bridgehead atoms. The van der Waals surface area contributed by atoms with Crippen LogP contribution in [-0.4, -0.2) is 69.2 Å². The predicted octanol–water partition coefficient (Wildman–Crippen LogP) is 1.23. The molecule has 0 aromatic heterocycles. The molecule has 0 spiro atoms. The van der Waals surface area contributed by atoms with E-state index in [1.54, 1.807) is 24.3 Å². The molecule has 1 aromatic rings. The lowest BCUT2D eigenvalue weighted by Gasteiger charge is -2.33. The Kier molecular flexibility index (Phi) is 7.10. The summed E-state index contributed by atoms with van der Waals surface area (Å²) in [6.45, 7) is 5.02. The van der Waals surface area contributed by atoms with Gasteiger partial charge in [0.05, 0.1) is 43.0 Å². The highest BCUT2D eigenvalue weighted by Gasteiger charge is 2.42. The molecule has 0 amide bonds. The Morgan fingerprint density at radius 3 is 2.48 bits per heavy atom. The molecule has 8 nitrogen and oxygen atoms in total. The average molecular weight is 429 g/mol. The van der Waals surface area contributed by atoms with Crippen molar-refractivity contribution < 1.29 is 37.0 Å². The molecule has 0 aliphatic carbocycles. The van der Waals surface area contributed by atoms with E-state index in [4.69, 9.17) is 18.4 Å². The number of ether oxygens (including phenoxy) is 3. The number of hydrogen-bond acceptors (Lipinski definition) is 8. The van der Waals surface area contributed by atoms with E-state index in [9.17, 15) is 18.6 Å². The van der Waals surface area contributed by atoms with Gasteiger partial charge in [-0.25, -0.2) is 0 Å². The molecule has 4 atom stereocenters. The van der Waals surface area contributed by atoms with Crippen LogP contribution in [0.4, 0.5) is 0 Å². The molecule has 3 rings (SSSR count). The lowest BCUT2D eigenvalue weighted by molar-refractivity contribution is -0.197. The first-order valence-corrected chi connectivity index (χ1v) is 10.9. The van der Waals surface area contributed by atoms with Crippen LogP contribution in [0.3, 0.4) is 0 Å². The summed E-state index contributed by atoms with van der Waals surface area (Å²) in [4.78, 5) is 0.0772. The second-order valence-corrected chi connectivity index (χ2v) is 9.71. The summed E-state index contributed by atoms with van der Waals surface area (Å²) < 4.78 is 45.6. The number of aliphatic hydroxyl groups is 2. The normalized spacial score (nSPS) is 27.0. The summed E-state index contributed by atoms with van der Waals surface area (Å²) in [7, 11) is -3.84. The highest BCUT2D eigenvalue weighted by Crippen LogP contribution is 2.29. The summed E-state index contributed by atoms with van der Waals surface area (Å²) in [6.07, 6.45) is -0.377. The van der Waals surface area contributed by atoms with Crippen LogP contribution in [0, 0.1) is 5.41 Å². The standard InChI is InChI=1S/C20H28O8S/c1-20(2)12-25-19(26-13-20)9-8-15(21)16(22)10-17-18(28-17)11-27-29(23,24)14-6-4-3-5-7-14/h3-9,15-19,21-22H,10-13H2,1-2H3/b9-8+/t15-,16-,17+,18+/m0/s1. The van der Waals surface area contributed by atoms with E-state index in [1.165, 1.54) is 18.2 Å². The fourth-order valence-electron chi connectivity index (χ4n) is 2.87. The molecule has 2 aliphatic rings. The van der Waals surface area contributed by atoms with Crippen LogP contribution in [0.5, 0.6) is 0 Å². The largest absolute Gasteiger partial charge is 0.390 e. The van der Waals surface area contributed by atoms with Gasteiger partial charge in [0.25, 0.3) is 10.1 Å². The van der Waals surface area contributed by atoms with E-state index >= 15 is 0 Å². The van der Waals surface area contributed by atoms with Crippen LogP contribution in [0.2, 0.25) is 0 Å². The molecule has 2 fully saturated rings. The second kappa shape index (κ2) is 9.22. The Hall–Kier alpha value is -1.33. The zero-order valence-corrected chi connectivity index (χ0v) is 17.3. The highest BCUT2D eigenvalue weighted by atomic mass is 32.2. The minimum atomic E-state index is -3.84. The summed E-state index contributed by atoms with van der Waals surface area (Å²) in [5.74, 6) is 0. The van der Waals surface area contributed by atoms with E-state index in [1.807, 2.05) is 13.8 Å². The van der Waals surface area contributed by atoms with Crippen LogP contribution >= 0.6 is 0 Å².